The van der Waals surface area contributed by atoms with Gasteiger partial charge in [0.2, 0.25) is 0 Å². The third kappa shape index (κ3) is 2.51. The van der Waals surface area contributed by atoms with Crippen molar-refractivity contribution >= 4 is 5.69 Å². The van der Waals surface area contributed by atoms with Crippen LogP contribution in [-0.2, 0) is 6.54 Å². The van der Waals surface area contributed by atoms with E-state index in [1.807, 2.05) is 19.1 Å². The van der Waals surface area contributed by atoms with Crippen LogP contribution in [-0.4, -0.2) is 9.55 Å². The van der Waals surface area contributed by atoms with E-state index in [1.54, 1.807) is 22.9 Å². The van der Waals surface area contributed by atoms with Gasteiger partial charge in [-0.15, -0.1) is 0 Å². The van der Waals surface area contributed by atoms with Crippen molar-refractivity contribution in [3.63, 3.8) is 0 Å². The first-order valence-corrected chi connectivity index (χ1v) is 5.28. The molecule has 0 aliphatic heterocycles. The smallest absolute Gasteiger partial charge is 0.251 e. The van der Waals surface area contributed by atoms with E-state index in [-0.39, 0.29) is 5.56 Å². The molecule has 17 heavy (non-hydrogen) atoms. The summed E-state index contributed by atoms with van der Waals surface area (Å²) < 4.78 is 1.67. The molecule has 3 N–H and O–H groups in total. The number of hydrogen-bond acceptors (Lipinski definition) is 4. The van der Waals surface area contributed by atoms with Gasteiger partial charge in [-0.2, -0.15) is 0 Å². The molecule has 0 aromatic carbocycles. The summed E-state index contributed by atoms with van der Waals surface area (Å²) in [6.07, 6.45) is 1.66. The maximum absolute atomic E-state index is 11.7. The summed E-state index contributed by atoms with van der Waals surface area (Å²) in [6, 6.07) is 8.77. The zero-order valence-corrected chi connectivity index (χ0v) is 9.55. The summed E-state index contributed by atoms with van der Waals surface area (Å²) in [7, 11) is 0. The summed E-state index contributed by atoms with van der Waals surface area (Å²) in [5.41, 5.74) is 5.00. The molecule has 0 saturated carbocycles. The zero-order chi connectivity index (χ0) is 12.3. The van der Waals surface area contributed by atoms with Crippen molar-refractivity contribution in [2.24, 2.45) is 5.84 Å². The van der Waals surface area contributed by atoms with Gasteiger partial charge >= 0.3 is 0 Å². The molecule has 88 valence electrons. The Balaban J connectivity index is 2.34. The zero-order valence-electron chi connectivity index (χ0n) is 9.55. The predicted octanol–water partition coefficient (Wildman–Crippen LogP) is 0.886. The Morgan fingerprint density at radius 2 is 2.24 bits per heavy atom. The van der Waals surface area contributed by atoms with E-state index < -0.39 is 0 Å². The van der Waals surface area contributed by atoms with E-state index in [0.717, 1.165) is 17.1 Å². The minimum atomic E-state index is -0.0297. The Morgan fingerprint density at radius 1 is 1.41 bits per heavy atom. The van der Waals surface area contributed by atoms with Crippen molar-refractivity contribution in [3.05, 3.63) is 58.3 Å². The molecular formula is C12H14N4O. The quantitative estimate of drug-likeness (QED) is 0.606. The van der Waals surface area contributed by atoms with Crippen molar-refractivity contribution in [1.29, 1.82) is 0 Å². The average Bonchev–Trinajstić information content (AvgIpc) is 2.34. The van der Waals surface area contributed by atoms with Gasteiger partial charge in [0.05, 0.1) is 17.9 Å². The van der Waals surface area contributed by atoms with Gasteiger partial charge in [0, 0.05) is 18.0 Å². The fraction of sp³-hybridized carbons (Fsp3) is 0.167. The lowest BCUT2D eigenvalue weighted by molar-refractivity contribution is 0.713. The van der Waals surface area contributed by atoms with Gasteiger partial charge in [0.15, 0.2) is 0 Å². The molecule has 0 atom stereocenters. The Bertz CT molecular complexity index is 577. The van der Waals surface area contributed by atoms with Crippen molar-refractivity contribution in [2.75, 3.05) is 5.43 Å². The maximum Gasteiger partial charge on any atom is 0.251 e. The molecule has 0 unspecified atom stereocenters. The van der Waals surface area contributed by atoms with Crippen LogP contribution in [0.2, 0.25) is 0 Å². The standard InChI is InChI=1S/C12H14N4O/c1-9-3-2-4-12(17)16(9)8-11-7-10(15-13)5-6-14-11/h2-7H,8,13H2,1H3,(H,14,15). The largest absolute Gasteiger partial charge is 0.324 e. The molecule has 0 aliphatic rings. The van der Waals surface area contributed by atoms with E-state index in [0.29, 0.717) is 6.54 Å². The van der Waals surface area contributed by atoms with E-state index in [1.165, 1.54) is 6.07 Å². The van der Waals surface area contributed by atoms with Crippen LogP contribution in [0.4, 0.5) is 5.69 Å². The molecule has 5 heteroatoms. The fourth-order valence-electron chi connectivity index (χ4n) is 1.64. The van der Waals surface area contributed by atoms with Gasteiger partial charge in [-0.3, -0.25) is 15.6 Å². The Kier molecular flexibility index (Phi) is 3.20. The molecule has 2 aromatic rings. The molecule has 0 spiro atoms. The number of nitrogens with two attached hydrogens (primary N) is 1. The van der Waals surface area contributed by atoms with Crippen LogP contribution in [0.15, 0.2) is 41.3 Å². The molecule has 2 aromatic heterocycles. The third-order valence-electron chi connectivity index (χ3n) is 2.57. The summed E-state index contributed by atoms with van der Waals surface area (Å²) in [4.78, 5) is 15.9. The van der Waals surface area contributed by atoms with Crippen LogP contribution in [0.3, 0.4) is 0 Å². The molecule has 2 rings (SSSR count). The van der Waals surface area contributed by atoms with E-state index >= 15 is 0 Å². The first kappa shape index (κ1) is 11.3. The third-order valence-corrected chi connectivity index (χ3v) is 2.57. The number of hydrazine groups is 1. The number of pyridine rings is 2. The van der Waals surface area contributed by atoms with Crippen molar-refractivity contribution in [2.45, 2.75) is 13.5 Å². The second-order valence-electron chi connectivity index (χ2n) is 3.77. The van der Waals surface area contributed by atoms with Crippen LogP contribution in [0.25, 0.3) is 0 Å². The number of nitrogens with zero attached hydrogens (tertiary/aromatic N) is 2. The molecule has 0 radical (unpaired) electrons. The van der Waals surface area contributed by atoms with Gasteiger partial charge < -0.3 is 9.99 Å². The van der Waals surface area contributed by atoms with Gasteiger partial charge in [-0.1, -0.05) is 6.07 Å². The lowest BCUT2D eigenvalue weighted by Gasteiger charge is -2.09. The predicted molar refractivity (Wildman–Crippen MR) is 66.6 cm³/mol. The molecule has 2 heterocycles. The molecule has 0 amide bonds. The first-order chi connectivity index (χ1) is 8.20. The molecule has 0 aliphatic carbocycles. The second-order valence-corrected chi connectivity index (χ2v) is 3.77. The fourth-order valence-corrected chi connectivity index (χ4v) is 1.64. The topological polar surface area (TPSA) is 72.9 Å². The molecule has 0 saturated heterocycles. The summed E-state index contributed by atoms with van der Waals surface area (Å²) in [6.45, 7) is 2.34. The summed E-state index contributed by atoms with van der Waals surface area (Å²) in [5, 5.41) is 0. The number of hydrogen-bond donors (Lipinski definition) is 2. The number of anilines is 1. The highest BCUT2D eigenvalue weighted by atomic mass is 16.1. The van der Waals surface area contributed by atoms with Crippen LogP contribution in [0.1, 0.15) is 11.4 Å². The second kappa shape index (κ2) is 4.80. The van der Waals surface area contributed by atoms with Crippen LogP contribution < -0.4 is 16.8 Å². The normalized spacial score (nSPS) is 10.2. The maximum atomic E-state index is 11.7. The van der Waals surface area contributed by atoms with E-state index in [9.17, 15) is 4.79 Å². The Hall–Kier alpha value is -2.14. The summed E-state index contributed by atoms with van der Waals surface area (Å²) >= 11 is 0. The number of rotatable bonds is 3. The Labute approximate surface area is 98.9 Å². The minimum Gasteiger partial charge on any atom is -0.324 e. The van der Waals surface area contributed by atoms with E-state index in [4.69, 9.17) is 5.84 Å². The highest BCUT2D eigenvalue weighted by molar-refractivity contribution is 5.41. The molecule has 5 nitrogen and oxygen atoms in total. The van der Waals surface area contributed by atoms with Crippen molar-refractivity contribution in [3.8, 4) is 0 Å². The molecule has 0 bridgehead atoms. The van der Waals surface area contributed by atoms with E-state index in [2.05, 4.69) is 10.4 Å². The number of nitrogens with one attached hydrogen (secondary N) is 1. The van der Waals surface area contributed by atoms with Crippen molar-refractivity contribution in [1.82, 2.24) is 9.55 Å². The summed E-state index contributed by atoms with van der Waals surface area (Å²) in [5.74, 6) is 5.33. The SMILES string of the molecule is Cc1cccc(=O)n1Cc1cc(NN)ccn1. The van der Waals surface area contributed by atoms with Crippen LogP contribution in [0.5, 0.6) is 0 Å². The number of aryl methyl sites for hydroxylation is 1. The Morgan fingerprint density at radius 3 is 2.94 bits per heavy atom. The highest BCUT2D eigenvalue weighted by Crippen LogP contribution is 2.07. The average molecular weight is 230 g/mol. The number of nitrogen functional groups attached to an aromatic ring is 1. The highest BCUT2D eigenvalue weighted by Gasteiger charge is 2.02. The van der Waals surface area contributed by atoms with Crippen molar-refractivity contribution < 1.29 is 0 Å². The minimum absolute atomic E-state index is 0.0297. The molecule has 0 fully saturated rings. The van der Waals surface area contributed by atoms with Gasteiger partial charge in [-0.05, 0) is 25.1 Å². The lowest BCUT2D eigenvalue weighted by Crippen LogP contribution is -2.22. The van der Waals surface area contributed by atoms with Gasteiger partial charge in [0.25, 0.3) is 5.56 Å². The first-order valence-electron chi connectivity index (χ1n) is 5.28. The van der Waals surface area contributed by atoms with Gasteiger partial charge in [0.1, 0.15) is 0 Å². The lowest BCUT2D eigenvalue weighted by atomic mass is 10.3. The van der Waals surface area contributed by atoms with Crippen LogP contribution >= 0.6 is 0 Å². The number of aromatic nitrogens is 2. The molecular weight excluding hydrogens is 216 g/mol. The monoisotopic (exact) mass is 230 g/mol. The van der Waals surface area contributed by atoms with Gasteiger partial charge in [-0.25, -0.2) is 0 Å². The van der Waals surface area contributed by atoms with Crippen LogP contribution in [0, 0.1) is 6.92 Å².